The molecule has 1 aromatic heterocycles. The Kier molecular flexibility index (Phi) is 4.52. The fraction of sp³-hybridized carbons (Fsp3) is 0.0833. The van der Waals surface area contributed by atoms with Gasteiger partial charge in [-0.1, -0.05) is 27.5 Å². The standard InChI is InChI=1S/C12H10BrClN2O3S/c1-19-10-5-4-8(13)7-11(10)20(17,18)16-12-9(14)3-2-6-15-12/h2-7H,1H3,(H,15,16). The lowest BCUT2D eigenvalue weighted by molar-refractivity contribution is 0.403. The van der Waals surface area contributed by atoms with Crippen LogP contribution in [0.1, 0.15) is 0 Å². The second-order valence-corrected chi connectivity index (χ2v) is 6.71. The van der Waals surface area contributed by atoms with Crippen LogP contribution in [0.15, 0.2) is 45.9 Å². The number of nitrogens with one attached hydrogen (secondary N) is 1. The highest BCUT2D eigenvalue weighted by Crippen LogP contribution is 2.29. The average Bonchev–Trinajstić information content (AvgIpc) is 2.41. The summed E-state index contributed by atoms with van der Waals surface area (Å²) < 4.78 is 32.8. The number of halogens is 2. The third kappa shape index (κ3) is 3.23. The largest absolute Gasteiger partial charge is 0.495 e. The molecule has 1 heterocycles. The molecule has 0 saturated heterocycles. The predicted molar refractivity (Wildman–Crippen MR) is 80.7 cm³/mol. The van der Waals surface area contributed by atoms with E-state index in [1.165, 1.54) is 19.4 Å². The lowest BCUT2D eigenvalue weighted by atomic mass is 10.3. The fourth-order valence-corrected chi connectivity index (χ4v) is 3.47. The lowest BCUT2D eigenvalue weighted by Gasteiger charge is -2.12. The molecule has 1 aromatic carbocycles. The van der Waals surface area contributed by atoms with Gasteiger partial charge in [-0.25, -0.2) is 13.4 Å². The molecule has 2 rings (SSSR count). The molecule has 2 aromatic rings. The molecule has 0 aliphatic carbocycles. The Hall–Kier alpha value is -1.31. The van der Waals surface area contributed by atoms with Crippen LogP contribution in [-0.2, 0) is 10.0 Å². The first-order valence-corrected chi connectivity index (χ1v) is 8.06. The summed E-state index contributed by atoms with van der Waals surface area (Å²) in [7, 11) is -2.45. The molecule has 0 atom stereocenters. The summed E-state index contributed by atoms with van der Waals surface area (Å²) in [6.07, 6.45) is 1.45. The Balaban J connectivity index is 2.46. The summed E-state index contributed by atoms with van der Waals surface area (Å²) >= 11 is 9.12. The first kappa shape index (κ1) is 15.1. The summed E-state index contributed by atoms with van der Waals surface area (Å²) in [5, 5.41) is 0.213. The van der Waals surface area contributed by atoms with Crippen molar-refractivity contribution < 1.29 is 13.2 Å². The maximum atomic E-state index is 12.4. The number of methoxy groups -OCH3 is 1. The zero-order chi connectivity index (χ0) is 14.8. The number of pyridine rings is 1. The van der Waals surface area contributed by atoms with Crippen molar-refractivity contribution in [2.45, 2.75) is 4.90 Å². The van der Waals surface area contributed by atoms with E-state index in [2.05, 4.69) is 25.6 Å². The molecular formula is C12H10BrClN2O3S. The summed E-state index contributed by atoms with van der Waals surface area (Å²) in [6.45, 7) is 0. The van der Waals surface area contributed by atoms with Gasteiger partial charge in [0.05, 0.1) is 12.1 Å². The van der Waals surface area contributed by atoms with Crippen LogP contribution in [0.25, 0.3) is 0 Å². The minimum Gasteiger partial charge on any atom is -0.495 e. The van der Waals surface area contributed by atoms with Crippen molar-refractivity contribution >= 4 is 43.4 Å². The highest BCUT2D eigenvalue weighted by molar-refractivity contribution is 9.10. The number of ether oxygens (including phenoxy) is 1. The van der Waals surface area contributed by atoms with E-state index in [0.717, 1.165) is 0 Å². The van der Waals surface area contributed by atoms with Crippen LogP contribution in [-0.4, -0.2) is 20.5 Å². The van der Waals surface area contributed by atoms with Gasteiger partial charge in [-0.05, 0) is 30.3 Å². The van der Waals surface area contributed by atoms with Gasteiger partial charge in [-0.3, -0.25) is 4.72 Å². The maximum absolute atomic E-state index is 12.4. The maximum Gasteiger partial charge on any atom is 0.266 e. The van der Waals surface area contributed by atoms with Gasteiger partial charge in [0.15, 0.2) is 5.82 Å². The number of hydrogen-bond acceptors (Lipinski definition) is 4. The normalized spacial score (nSPS) is 11.2. The van der Waals surface area contributed by atoms with Crippen molar-refractivity contribution in [2.75, 3.05) is 11.8 Å². The minimum atomic E-state index is -3.85. The number of hydrogen-bond donors (Lipinski definition) is 1. The lowest BCUT2D eigenvalue weighted by Crippen LogP contribution is -2.15. The summed E-state index contributed by atoms with van der Waals surface area (Å²) in [5.74, 6) is 0.295. The van der Waals surface area contributed by atoms with Gasteiger partial charge >= 0.3 is 0 Å². The van der Waals surface area contributed by atoms with Gasteiger partial charge in [0.1, 0.15) is 10.6 Å². The molecule has 20 heavy (non-hydrogen) atoms. The van der Waals surface area contributed by atoms with Crippen LogP contribution in [0.4, 0.5) is 5.82 Å². The summed E-state index contributed by atoms with van der Waals surface area (Å²) in [6, 6.07) is 7.84. The molecule has 0 spiro atoms. The number of benzene rings is 1. The number of aromatic nitrogens is 1. The van der Waals surface area contributed by atoms with Gasteiger partial charge < -0.3 is 4.74 Å². The number of nitrogens with zero attached hydrogens (tertiary/aromatic N) is 1. The zero-order valence-electron chi connectivity index (χ0n) is 10.3. The molecule has 0 aliphatic heterocycles. The molecule has 0 amide bonds. The van der Waals surface area contributed by atoms with E-state index in [1.54, 1.807) is 24.3 Å². The Labute approximate surface area is 130 Å². The molecular weight excluding hydrogens is 368 g/mol. The Morgan fingerprint density at radius 3 is 2.75 bits per heavy atom. The summed E-state index contributed by atoms with van der Waals surface area (Å²) in [5.41, 5.74) is 0. The van der Waals surface area contributed by atoms with E-state index in [-0.39, 0.29) is 21.5 Å². The third-order valence-electron chi connectivity index (χ3n) is 2.40. The van der Waals surface area contributed by atoms with Crippen LogP contribution in [0.3, 0.4) is 0 Å². The zero-order valence-corrected chi connectivity index (χ0v) is 13.5. The first-order valence-electron chi connectivity index (χ1n) is 5.41. The van der Waals surface area contributed by atoms with Crippen molar-refractivity contribution in [2.24, 2.45) is 0 Å². The van der Waals surface area contributed by atoms with E-state index in [9.17, 15) is 8.42 Å². The smallest absolute Gasteiger partial charge is 0.266 e. The van der Waals surface area contributed by atoms with Gasteiger partial charge in [0, 0.05) is 10.7 Å². The van der Waals surface area contributed by atoms with Crippen molar-refractivity contribution in [3.63, 3.8) is 0 Å². The van der Waals surface area contributed by atoms with Crippen LogP contribution in [0, 0.1) is 0 Å². The van der Waals surface area contributed by atoms with Gasteiger partial charge in [0.25, 0.3) is 10.0 Å². The van der Waals surface area contributed by atoms with Crippen LogP contribution in [0.2, 0.25) is 5.02 Å². The molecule has 106 valence electrons. The molecule has 0 fully saturated rings. The van der Waals surface area contributed by atoms with Gasteiger partial charge in [-0.15, -0.1) is 0 Å². The highest BCUT2D eigenvalue weighted by Gasteiger charge is 2.21. The topological polar surface area (TPSA) is 68.3 Å². The van der Waals surface area contributed by atoms with Crippen molar-refractivity contribution in [3.8, 4) is 5.75 Å². The van der Waals surface area contributed by atoms with Crippen LogP contribution >= 0.6 is 27.5 Å². The Morgan fingerprint density at radius 2 is 2.10 bits per heavy atom. The molecule has 1 N–H and O–H groups in total. The predicted octanol–water partition coefficient (Wildman–Crippen LogP) is 3.31. The average molecular weight is 378 g/mol. The quantitative estimate of drug-likeness (QED) is 0.887. The molecule has 0 bridgehead atoms. The minimum absolute atomic E-state index is 0.00362. The Morgan fingerprint density at radius 1 is 1.35 bits per heavy atom. The monoisotopic (exact) mass is 376 g/mol. The first-order chi connectivity index (χ1) is 9.44. The summed E-state index contributed by atoms with van der Waals surface area (Å²) in [4.78, 5) is 3.89. The number of anilines is 1. The molecule has 5 nitrogen and oxygen atoms in total. The van der Waals surface area contributed by atoms with E-state index in [4.69, 9.17) is 16.3 Å². The SMILES string of the molecule is COc1ccc(Br)cc1S(=O)(=O)Nc1ncccc1Cl. The van der Waals surface area contributed by atoms with Crippen molar-refractivity contribution in [3.05, 3.63) is 46.0 Å². The second-order valence-electron chi connectivity index (χ2n) is 3.73. The van der Waals surface area contributed by atoms with Crippen molar-refractivity contribution in [1.82, 2.24) is 4.98 Å². The van der Waals surface area contributed by atoms with E-state index >= 15 is 0 Å². The molecule has 0 saturated carbocycles. The van der Waals surface area contributed by atoms with Gasteiger partial charge in [0.2, 0.25) is 0 Å². The highest BCUT2D eigenvalue weighted by atomic mass is 79.9. The molecule has 0 aliphatic rings. The second kappa shape index (κ2) is 5.99. The number of sulfonamides is 1. The fourth-order valence-electron chi connectivity index (χ4n) is 1.50. The van der Waals surface area contributed by atoms with Crippen LogP contribution in [0.5, 0.6) is 5.75 Å². The van der Waals surface area contributed by atoms with Crippen molar-refractivity contribution in [1.29, 1.82) is 0 Å². The van der Waals surface area contributed by atoms with Crippen LogP contribution < -0.4 is 9.46 Å². The Bertz CT molecular complexity index is 737. The number of rotatable bonds is 4. The molecule has 0 unspecified atom stereocenters. The van der Waals surface area contributed by atoms with E-state index < -0.39 is 10.0 Å². The molecule has 8 heteroatoms. The molecule has 0 radical (unpaired) electrons. The van der Waals surface area contributed by atoms with Gasteiger partial charge in [-0.2, -0.15) is 0 Å². The third-order valence-corrected chi connectivity index (χ3v) is 4.56. The van der Waals surface area contributed by atoms with E-state index in [0.29, 0.717) is 4.47 Å². The van der Waals surface area contributed by atoms with E-state index in [1.807, 2.05) is 0 Å².